The number of hydrogen-bond acceptors (Lipinski definition) is 2. The van der Waals surface area contributed by atoms with E-state index in [-0.39, 0.29) is 11.9 Å². The van der Waals surface area contributed by atoms with Gasteiger partial charge in [-0.1, -0.05) is 62.9 Å². The third-order valence-corrected chi connectivity index (χ3v) is 4.38. The zero-order valence-corrected chi connectivity index (χ0v) is 13.3. The fraction of sp³-hybridized carbons (Fsp3) is 0.611. The first-order valence-electron chi connectivity index (χ1n) is 8.30. The molecule has 2 atom stereocenters. The maximum absolute atomic E-state index is 12.5. The number of hydrogen-bond donors (Lipinski definition) is 1. The number of rotatable bonds is 8. The highest BCUT2D eigenvalue weighted by Crippen LogP contribution is 2.17. The number of nitrogens with zero attached hydrogens (tertiary/aromatic N) is 1. The van der Waals surface area contributed by atoms with Gasteiger partial charge < -0.3 is 4.90 Å². The van der Waals surface area contributed by atoms with Gasteiger partial charge in [0, 0.05) is 6.04 Å². The first kappa shape index (κ1) is 16.0. The minimum absolute atomic E-state index is 0.0505. The highest BCUT2D eigenvalue weighted by Gasteiger charge is 2.33. The van der Waals surface area contributed by atoms with Crippen LogP contribution in [0.3, 0.4) is 0 Å². The fourth-order valence-corrected chi connectivity index (χ4v) is 2.98. The topological polar surface area (TPSA) is 32.3 Å². The Morgan fingerprint density at radius 3 is 2.71 bits per heavy atom. The number of amides is 1. The zero-order valence-electron chi connectivity index (χ0n) is 13.3. The van der Waals surface area contributed by atoms with Crippen molar-refractivity contribution in [2.45, 2.75) is 64.5 Å². The summed E-state index contributed by atoms with van der Waals surface area (Å²) in [5.41, 5.74) is 1.22. The van der Waals surface area contributed by atoms with E-state index in [2.05, 4.69) is 31.3 Å². The van der Waals surface area contributed by atoms with Crippen LogP contribution in [0.15, 0.2) is 30.3 Å². The Bertz CT molecular complexity index is 432. The number of carbonyl (C=O) groups excluding carboxylic acids is 1. The van der Waals surface area contributed by atoms with Crippen molar-refractivity contribution in [3.8, 4) is 0 Å². The van der Waals surface area contributed by atoms with Gasteiger partial charge in [0.05, 0.1) is 12.7 Å². The summed E-state index contributed by atoms with van der Waals surface area (Å²) in [6, 6.07) is 10.6. The Kier molecular flexibility index (Phi) is 6.24. The van der Waals surface area contributed by atoms with Crippen LogP contribution in [-0.2, 0) is 11.2 Å². The average molecular weight is 288 g/mol. The molecule has 1 aliphatic heterocycles. The van der Waals surface area contributed by atoms with E-state index < -0.39 is 0 Å². The van der Waals surface area contributed by atoms with Crippen molar-refractivity contribution >= 4 is 5.91 Å². The Labute approximate surface area is 128 Å². The van der Waals surface area contributed by atoms with Crippen LogP contribution >= 0.6 is 0 Å². The summed E-state index contributed by atoms with van der Waals surface area (Å²) in [7, 11) is 0. The van der Waals surface area contributed by atoms with Crippen LogP contribution in [0, 0.1) is 0 Å². The van der Waals surface area contributed by atoms with Gasteiger partial charge in [-0.25, -0.2) is 0 Å². The maximum atomic E-state index is 12.5. The molecule has 1 aliphatic rings. The van der Waals surface area contributed by atoms with Gasteiger partial charge in [0.25, 0.3) is 0 Å². The second-order valence-corrected chi connectivity index (χ2v) is 6.11. The molecule has 1 saturated heterocycles. The number of carbonyl (C=O) groups is 1. The minimum atomic E-state index is -0.0505. The number of nitrogens with one attached hydrogen (secondary N) is 1. The SMILES string of the molecule is CCCCCCC(C)N1CNC(Cc2ccccc2)C1=O. The molecule has 21 heavy (non-hydrogen) atoms. The van der Waals surface area contributed by atoms with E-state index in [4.69, 9.17) is 0 Å². The summed E-state index contributed by atoms with van der Waals surface area (Å²) in [4.78, 5) is 14.5. The molecular formula is C18H28N2O. The van der Waals surface area contributed by atoms with Gasteiger partial charge in [-0.3, -0.25) is 10.1 Å². The highest BCUT2D eigenvalue weighted by molar-refractivity contribution is 5.84. The van der Waals surface area contributed by atoms with Crippen molar-refractivity contribution in [2.24, 2.45) is 0 Å². The van der Waals surface area contributed by atoms with E-state index in [1.807, 2.05) is 23.1 Å². The molecule has 1 aromatic carbocycles. The Hall–Kier alpha value is -1.35. The zero-order chi connectivity index (χ0) is 15.1. The second-order valence-electron chi connectivity index (χ2n) is 6.11. The summed E-state index contributed by atoms with van der Waals surface area (Å²) in [5.74, 6) is 0.266. The van der Waals surface area contributed by atoms with Crippen molar-refractivity contribution in [3.63, 3.8) is 0 Å². The van der Waals surface area contributed by atoms with E-state index >= 15 is 0 Å². The smallest absolute Gasteiger partial charge is 0.241 e. The molecule has 3 heteroatoms. The molecule has 0 saturated carbocycles. The predicted octanol–water partition coefficient (Wildman–Crippen LogP) is 3.35. The van der Waals surface area contributed by atoms with E-state index in [9.17, 15) is 4.79 Å². The lowest BCUT2D eigenvalue weighted by molar-refractivity contribution is -0.130. The maximum Gasteiger partial charge on any atom is 0.241 e. The molecule has 2 unspecified atom stereocenters. The van der Waals surface area contributed by atoms with Gasteiger partial charge in [-0.05, 0) is 25.3 Å². The van der Waals surface area contributed by atoms with E-state index in [1.54, 1.807) is 0 Å². The van der Waals surface area contributed by atoms with Crippen molar-refractivity contribution in [1.82, 2.24) is 10.2 Å². The summed E-state index contributed by atoms with van der Waals surface area (Å²) >= 11 is 0. The molecule has 0 bridgehead atoms. The molecule has 0 aromatic heterocycles. The highest BCUT2D eigenvalue weighted by atomic mass is 16.2. The summed E-state index contributed by atoms with van der Waals surface area (Å²) < 4.78 is 0. The predicted molar refractivity (Wildman–Crippen MR) is 87.0 cm³/mol. The summed E-state index contributed by atoms with van der Waals surface area (Å²) in [6.45, 7) is 5.10. The fourth-order valence-electron chi connectivity index (χ4n) is 2.98. The molecule has 0 radical (unpaired) electrons. The van der Waals surface area contributed by atoms with Gasteiger partial charge in [0.2, 0.25) is 5.91 Å². The lowest BCUT2D eigenvalue weighted by atomic mass is 10.0. The van der Waals surface area contributed by atoms with Crippen molar-refractivity contribution < 1.29 is 4.79 Å². The molecule has 1 aromatic rings. The van der Waals surface area contributed by atoms with Gasteiger partial charge >= 0.3 is 0 Å². The van der Waals surface area contributed by atoms with Crippen LogP contribution in [0.1, 0.15) is 51.5 Å². The normalized spacial score (nSPS) is 20.0. The molecule has 0 spiro atoms. The second kappa shape index (κ2) is 8.18. The van der Waals surface area contributed by atoms with Crippen molar-refractivity contribution in [2.75, 3.05) is 6.67 Å². The van der Waals surface area contributed by atoms with Gasteiger partial charge in [-0.2, -0.15) is 0 Å². The third kappa shape index (κ3) is 4.57. The largest absolute Gasteiger partial charge is 0.326 e. The number of benzene rings is 1. The Morgan fingerprint density at radius 1 is 1.24 bits per heavy atom. The van der Waals surface area contributed by atoms with Crippen LogP contribution in [-0.4, -0.2) is 29.6 Å². The van der Waals surface area contributed by atoms with E-state index in [0.717, 1.165) is 12.8 Å². The first-order chi connectivity index (χ1) is 10.2. The Balaban J connectivity index is 1.80. The summed E-state index contributed by atoms with van der Waals surface area (Å²) in [5, 5.41) is 3.36. The molecule has 2 rings (SSSR count). The minimum Gasteiger partial charge on any atom is -0.326 e. The molecule has 1 N–H and O–H groups in total. The molecule has 1 fully saturated rings. The molecule has 0 aliphatic carbocycles. The van der Waals surface area contributed by atoms with Gasteiger partial charge in [0.15, 0.2) is 0 Å². The van der Waals surface area contributed by atoms with Gasteiger partial charge in [0.1, 0.15) is 0 Å². The molecular weight excluding hydrogens is 260 g/mol. The standard InChI is InChI=1S/C18H28N2O/c1-3-4-5-7-10-15(2)20-14-19-17(18(20)21)13-16-11-8-6-9-12-16/h6,8-9,11-12,15,17,19H,3-5,7,10,13-14H2,1-2H3. The van der Waals surface area contributed by atoms with Crippen LogP contribution in [0.5, 0.6) is 0 Å². The lowest BCUT2D eigenvalue weighted by Crippen LogP contribution is -2.37. The van der Waals surface area contributed by atoms with Crippen LogP contribution in [0.25, 0.3) is 0 Å². The monoisotopic (exact) mass is 288 g/mol. The molecule has 116 valence electrons. The van der Waals surface area contributed by atoms with Crippen LogP contribution < -0.4 is 5.32 Å². The van der Waals surface area contributed by atoms with Crippen molar-refractivity contribution in [3.05, 3.63) is 35.9 Å². The molecule has 1 heterocycles. The molecule has 3 nitrogen and oxygen atoms in total. The van der Waals surface area contributed by atoms with Gasteiger partial charge in [-0.15, -0.1) is 0 Å². The van der Waals surface area contributed by atoms with Crippen LogP contribution in [0.2, 0.25) is 0 Å². The lowest BCUT2D eigenvalue weighted by Gasteiger charge is -2.24. The number of unbranched alkanes of at least 4 members (excludes halogenated alkanes) is 3. The van der Waals surface area contributed by atoms with E-state index in [0.29, 0.717) is 12.7 Å². The quantitative estimate of drug-likeness (QED) is 0.744. The average Bonchev–Trinajstić information content (AvgIpc) is 2.86. The first-order valence-corrected chi connectivity index (χ1v) is 8.30. The summed E-state index contributed by atoms with van der Waals surface area (Å²) in [6.07, 6.45) is 6.98. The van der Waals surface area contributed by atoms with Crippen LogP contribution in [0.4, 0.5) is 0 Å². The molecule has 1 amide bonds. The Morgan fingerprint density at radius 2 is 2.00 bits per heavy atom. The van der Waals surface area contributed by atoms with Crippen molar-refractivity contribution in [1.29, 1.82) is 0 Å². The van der Waals surface area contributed by atoms with E-state index in [1.165, 1.54) is 31.2 Å². The third-order valence-electron chi connectivity index (χ3n) is 4.38.